The Morgan fingerprint density at radius 3 is 1.70 bits per heavy atom. The molecule has 2 saturated carbocycles. The second kappa shape index (κ2) is 8.13. The normalized spacial score (nSPS) is 30.1. The zero-order valence-corrected chi connectivity index (χ0v) is 14.1. The lowest BCUT2D eigenvalue weighted by molar-refractivity contribution is -0.127. The summed E-state index contributed by atoms with van der Waals surface area (Å²) in [5.74, 6) is 0.878. The number of carbonyl (C=O) groups excluding carboxylic acids is 2. The summed E-state index contributed by atoms with van der Waals surface area (Å²) in [5.41, 5.74) is 0. The summed E-state index contributed by atoms with van der Waals surface area (Å²) in [6.45, 7) is 2.01. The molecule has 1 heterocycles. The van der Waals surface area contributed by atoms with Crippen LogP contribution < -0.4 is 16.0 Å². The van der Waals surface area contributed by atoms with Crippen LogP contribution in [0.5, 0.6) is 0 Å². The summed E-state index contributed by atoms with van der Waals surface area (Å²) in [6, 6.07) is 0.634. The summed E-state index contributed by atoms with van der Waals surface area (Å²) in [6.07, 6.45) is 10.3. The van der Waals surface area contributed by atoms with Crippen LogP contribution in [0.15, 0.2) is 0 Å². The molecule has 0 aromatic carbocycles. The maximum Gasteiger partial charge on any atom is 0.223 e. The number of nitrogens with one attached hydrogen (secondary N) is 3. The molecular formula is C18H31N3O2. The molecule has 0 bridgehead atoms. The summed E-state index contributed by atoms with van der Waals surface area (Å²) in [7, 11) is 0. The predicted octanol–water partition coefficient (Wildman–Crippen LogP) is 1.72. The molecule has 2 amide bonds. The number of hydrogen-bond donors (Lipinski definition) is 3. The number of piperidine rings is 1. The Hall–Kier alpha value is -1.10. The van der Waals surface area contributed by atoms with Gasteiger partial charge in [-0.05, 0) is 64.5 Å². The van der Waals surface area contributed by atoms with Crippen LogP contribution in [-0.4, -0.2) is 37.0 Å². The molecule has 1 aliphatic heterocycles. The molecule has 5 heteroatoms. The summed E-state index contributed by atoms with van der Waals surface area (Å²) < 4.78 is 0. The second-order valence-corrected chi connectivity index (χ2v) is 7.57. The number of rotatable bonds is 4. The third-order valence-corrected chi connectivity index (χ3v) is 5.86. The van der Waals surface area contributed by atoms with Gasteiger partial charge in [0.25, 0.3) is 0 Å². The second-order valence-electron chi connectivity index (χ2n) is 7.57. The van der Waals surface area contributed by atoms with Gasteiger partial charge in [-0.3, -0.25) is 9.59 Å². The van der Waals surface area contributed by atoms with Crippen molar-refractivity contribution < 1.29 is 9.59 Å². The summed E-state index contributed by atoms with van der Waals surface area (Å²) in [5, 5.41) is 9.77. The fraction of sp³-hybridized carbons (Fsp3) is 0.889. The highest BCUT2D eigenvalue weighted by molar-refractivity contribution is 5.80. The molecule has 3 rings (SSSR count). The molecule has 0 unspecified atom stereocenters. The monoisotopic (exact) mass is 321 g/mol. The van der Waals surface area contributed by atoms with E-state index in [1.165, 1.54) is 12.8 Å². The fourth-order valence-corrected chi connectivity index (χ4v) is 4.29. The number of hydrogen-bond acceptors (Lipinski definition) is 3. The minimum Gasteiger partial charge on any atom is -0.353 e. The molecule has 0 radical (unpaired) electrons. The molecule has 0 spiro atoms. The fourth-order valence-electron chi connectivity index (χ4n) is 4.29. The van der Waals surface area contributed by atoms with Gasteiger partial charge in [-0.2, -0.15) is 0 Å². The maximum atomic E-state index is 12.4. The van der Waals surface area contributed by atoms with Crippen molar-refractivity contribution in [2.75, 3.05) is 13.1 Å². The van der Waals surface area contributed by atoms with Crippen LogP contribution in [0.3, 0.4) is 0 Å². The quantitative estimate of drug-likeness (QED) is 0.738. The first-order chi connectivity index (χ1) is 11.2. The highest BCUT2D eigenvalue weighted by Gasteiger charge is 2.30. The van der Waals surface area contributed by atoms with Gasteiger partial charge in [-0.1, -0.05) is 12.8 Å². The SMILES string of the molecule is O=C(NC1CCC(C(=O)NC2CCNCC2)CC1)C1CCCC1. The van der Waals surface area contributed by atoms with Crippen LogP contribution in [0.2, 0.25) is 0 Å². The van der Waals surface area contributed by atoms with E-state index in [2.05, 4.69) is 16.0 Å². The van der Waals surface area contributed by atoms with E-state index in [-0.39, 0.29) is 29.7 Å². The van der Waals surface area contributed by atoms with Gasteiger partial charge in [0.2, 0.25) is 11.8 Å². The molecule has 0 aromatic heterocycles. The van der Waals surface area contributed by atoms with E-state index in [1.807, 2.05) is 0 Å². The molecule has 0 aromatic rings. The molecule has 2 aliphatic carbocycles. The van der Waals surface area contributed by atoms with Crippen molar-refractivity contribution >= 4 is 11.8 Å². The van der Waals surface area contributed by atoms with Crippen molar-refractivity contribution in [3.8, 4) is 0 Å². The van der Waals surface area contributed by atoms with Gasteiger partial charge in [-0.15, -0.1) is 0 Å². The number of carbonyl (C=O) groups is 2. The van der Waals surface area contributed by atoms with E-state index in [0.717, 1.165) is 64.5 Å². The third-order valence-electron chi connectivity index (χ3n) is 5.86. The van der Waals surface area contributed by atoms with Gasteiger partial charge in [0, 0.05) is 23.9 Å². The molecule has 3 N–H and O–H groups in total. The summed E-state index contributed by atoms with van der Waals surface area (Å²) >= 11 is 0. The van der Waals surface area contributed by atoms with Crippen molar-refractivity contribution in [1.29, 1.82) is 0 Å². The first-order valence-electron chi connectivity index (χ1n) is 9.54. The van der Waals surface area contributed by atoms with Crippen molar-refractivity contribution in [2.24, 2.45) is 11.8 Å². The first-order valence-corrected chi connectivity index (χ1v) is 9.54. The lowest BCUT2D eigenvalue weighted by Crippen LogP contribution is -2.47. The van der Waals surface area contributed by atoms with Gasteiger partial charge < -0.3 is 16.0 Å². The van der Waals surface area contributed by atoms with E-state index in [4.69, 9.17) is 0 Å². The van der Waals surface area contributed by atoms with E-state index in [9.17, 15) is 9.59 Å². The van der Waals surface area contributed by atoms with Gasteiger partial charge in [0.1, 0.15) is 0 Å². The molecule has 0 atom stereocenters. The Morgan fingerprint density at radius 1 is 0.652 bits per heavy atom. The van der Waals surface area contributed by atoms with Crippen molar-refractivity contribution in [1.82, 2.24) is 16.0 Å². The predicted molar refractivity (Wildman–Crippen MR) is 89.9 cm³/mol. The number of amides is 2. The van der Waals surface area contributed by atoms with Crippen molar-refractivity contribution in [2.45, 2.75) is 76.3 Å². The zero-order valence-electron chi connectivity index (χ0n) is 14.1. The van der Waals surface area contributed by atoms with E-state index >= 15 is 0 Å². The van der Waals surface area contributed by atoms with E-state index < -0.39 is 0 Å². The average Bonchev–Trinajstić information content (AvgIpc) is 3.11. The lowest BCUT2D eigenvalue weighted by atomic mass is 9.85. The average molecular weight is 321 g/mol. The molecule has 130 valence electrons. The van der Waals surface area contributed by atoms with Crippen molar-refractivity contribution in [3.05, 3.63) is 0 Å². The Bertz CT molecular complexity index is 406. The Kier molecular flexibility index (Phi) is 5.92. The van der Waals surface area contributed by atoms with E-state index in [0.29, 0.717) is 6.04 Å². The van der Waals surface area contributed by atoms with Gasteiger partial charge in [-0.25, -0.2) is 0 Å². The van der Waals surface area contributed by atoms with Gasteiger partial charge >= 0.3 is 0 Å². The Balaban J connectivity index is 1.37. The zero-order chi connectivity index (χ0) is 16.1. The van der Waals surface area contributed by atoms with Crippen LogP contribution in [0, 0.1) is 11.8 Å². The minimum absolute atomic E-state index is 0.143. The van der Waals surface area contributed by atoms with Crippen LogP contribution in [0.4, 0.5) is 0 Å². The molecular weight excluding hydrogens is 290 g/mol. The lowest BCUT2D eigenvalue weighted by Gasteiger charge is -2.31. The topological polar surface area (TPSA) is 70.2 Å². The Labute approximate surface area is 139 Å². The van der Waals surface area contributed by atoms with Crippen LogP contribution in [0.25, 0.3) is 0 Å². The smallest absolute Gasteiger partial charge is 0.223 e. The third kappa shape index (κ3) is 4.69. The van der Waals surface area contributed by atoms with Crippen LogP contribution in [-0.2, 0) is 9.59 Å². The Morgan fingerprint density at radius 2 is 1.13 bits per heavy atom. The van der Waals surface area contributed by atoms with E-state index in [1.54, 1.807) is 0 Å². The van der Waals surface area contributed by atoms with Gasteiger partial charge in [0.15, 0.2) is 0 Å². The first kappa shape index (κ1) is 16.7. The highest BCUT2D eigenvalue weighted by atomic mass is 16.2. The molecule has 23 heavy (non-hydrogen) atoms. The molecule has 3 aliphatic rings. The standard InChI is InChI=1S/C18H31N3O2/c22-17(13-3-1-2-4-13)20-15-7-5-14(6-8-15)18(23)21-16-9-11-19-12-10-16/h13-16,19H,1-12H2,(H,20,22)(H,21,23). The highest BCUT2D eigenvalue weighted by Crippen LogP contribution is 2.28. The largest absolute Gasteiger partial charge is 0.353 e. The van der Waals surface area contributed by atoms with Gasteiger partial charge in [0.05, 0.1) is 0 Å². The van der Waals surface area contributed by atoms with Crippen LogP contribution in [0.1, 0.15) is 64.2 Å². The molecule has 3 fully saturated rings. The minimum atomic E-state index is 0.143. The maximum absolute atomic E-state index is 12.4. The van der Waals surface area contributed by atoms with Crippen LogP contribution >= 0.6 is 0 Å². The molecule has 5 nitrogen and oxygen atoms in total. The molecule has 1 saturated heterocycles. The van der Waals surface area contributed by atoms with Crippen molar-refractivity contribution in [3.63, 3.8) is 0 Å². The summed E-state index contributed by atoms with van der Waals surface area (Å²) in [4.78, 5) is 24.6.